The third-order valence-electron chi connectivity index (χ3n) is 1.96. The van der Waals surface area contributed by atoms with Crippen molar-refractivity contribution < 1.29 is 27.1 Å². The van der Waals surface area contributed by atoms with Crippen LogP contribution in [-0.4, -0.2) is 16.3 Å². The zero-order chi connectivity index (χ0) is 13.2. The van der Waals surface area contributed by atoms with E-state index in [0.717, 1.165) is 6.07 Å². The van der Waals surface area contributed by atoms with Crippen LogP contribution < -0.4 is 0 Å². The molecule has 2 nitrogen and oxygen atoms in total. The lowest BCUT2D eigenvalue weighted by atomic mass is 10.1. The molecule has 8 heteroatoms. The Morgan fingerprint density at radius 2 is 1.94 bits per heavy atom. The first-order valence-corrected chi connectivity index (χ1v) is 5.55. The fourth-order valence-corrected chi connectivity index (χ4v) is 2.05. The second-order valence-electron chi connectivity index (χ2n) is 3.30. The lowest BCUT2D eigenvalue weighted by Crippen LogP contribution is -2.12. The minimum atomic E-state index is -4.43. The average Bonchev–Trinajstić information content (AvgIpc) is 2.11. The number of hydrogen-bond acceptors (Lipinski definition) is 2. The molecule has 96 valence electrons. The molecule has 1 heterocycles. The fraction of sp³-hybridized carbons (Fsp3) is 0.444. The van der Waals surface area contributed by atoms with Gasteiger partial charge in [-0.2, -0.15) is 26.9 Å². The summed E-state index contributed by atoms with van der Waals surface area (Å²) in [6.07, 6.45) is -8.03. The van der Waals surface area contributed by atoms with Crippen molar-refractivity contribution in [3.05, 3.63) is 27.1 Å². The van der Waals surface area contributed by atoms with Crippen molar-refractivity contribution in [2.45, 2.75) is 25.1 Å². The largest absolute Gasteiger partial charge is 0.389 e. The van der Waals surface area contributed by atoms with Gasteiger partial charge in [0.05, 0.1) is 6.10 Å². The van der Waals surface area contributed by atoms with Gasteiger partial charge in [-0.25, -0.2) is 0 Å². The highest BCUT2D eigenvalue weighted by Gasteiger charge is 2.29. The second kappa shape index (κ2) is 5.42. The number of pyridine rings is 1. The lowest BCUT2D eigenvalue weighted by molar-refractivity contribution is -0.140. The molecule has 0 saturated heterocycles. The number of aliphatic hydroxyl groups excluding tert-OH is 1. The molecule has 0 aliphatic heterocycles. The summed E-state index contributed by atoms with van der Waals surface area (Å²) in [5.41, 5.74) is -0.406. The molecule has 0 aromatic carbocycles. The molecule has 1 atom stereocenters. The summed E-state index contributed by atoms with van der Waals surface area (Å²) in [5, 5.41) is 9.43. The highest BCUT2D eigenvalue weighted by Crippen LogP contribution is 2.30. The van der Waals surface area contributed by atoms with Crippen LogP contribution in [0.2, 0.25) is 0 Å². The Kier molecular flexibility index (Phi) is 4.64. The molecule has 0 bridgehead atoms. The maximum Gasteiger partial charge on any atom is 0.389 e. The highest BCUT2D eigenvalue weighted by molar-refractivity contribution is 14.1. The van der Waals surface area contributed by atoms with Crippen molar-refractivity contribution in [1.82, 2.24) is 4.98 Å². The Labute approximate surface area is 107 Å². The van der Waals surface area contributed by atoms with Crippen molar-refractivity contribution >= 4 is 22.6 Å². The van der Waals surface area contributed by atoms with E-state index in [4.69, 9.17) is 0 Å². The van der Waals surface area contributed by atoms with Crippen molar-refractivity contribution in [3.63, 3.8) is 0 Å². The molecule has 0 fully saturated rings. The van der Waals surface area contributed by atoms with Gasteiger partial charge in [0.1, 0.15) is 0 Å². The number of aliphatic hydroxyl groups is 1. The third kappa shape index (κ3) is 4.34. The summed E-state index contributed by atoms with van der Waals surface area (Å²) in [5.74, 6) is -2.37. The van der Waals surface area contributed by atoms with Crippen LogP contribution in [0.15, 0.2) is 6.07 Å². The summed E-state index contributed by atoms with van der Waals surface area (Å²) in [4.78, 5) is 2.82. The average molecular weight is 367 g/mol. The summed E-state index contributed by atoms with van der Waals surface area (Å²) in [7, 11) is 0. The molecule has 1 rings (SSSR count). The first kappa shape index (κ1) is 14.6. The minimum Gasteiger partial charge on any atom is -0.388 e. The van der Waals surface area contributed by atoms with Crippen LogP contribution in [0.1, 0.15) is 24.5 Å². The zero-order valence-electron chi connectivity index (χ0n) is 8.23. The highest BCUT2D eigenvalue weighted by atomic mass is 127. The molecule has 0 aliphatic rings. The number of alkyl halides is 3. The lowest BCUT2D eigenvalue weighted by Gasteiger charge is -2.14. The summed E-state index contributed by atoms with van der Waals surface area (Å²) in [6.45, 7) is 0. The number of nitrogens with zero attached hydrogens (tertiary/aromatic N) is 1. The zero-order valence-corrected chi connectivity index (χ0v) is 10.4. The van der Waals surface area contributed by atoms with Crippen LogP contribution in [0, 0.1) is 15.5 Å². The monoisotopic (exact) mass is 367 g/mol. The van der Waals surface area contributed by atoms with Crippen LogP contribution in [0.5, 0.6) is 0 Å². The summed E-state index contributed by atoms with van der Waals surface area (Å²) >= 11 is 1.53. The van der Waals surface area contributed by atoms with Gasteiger partial charge < -0.3 is 5.11 Å². The van der Waals surface area contributed by atoms with Crippen LogP contribution in [0.4, 0.5) is 22.0 Å². The van der Waals surface area contributed by atoms with Gasteiger partial charge in [0.25, 0.3) is 0 Å². The predicted octanol–water partition coefficient (Wildman–Crippen LogP) is 3.34. The first-order chi connectivity index (χ1) is 7.70. The third-order valence-corrected chi connectivity index (χ3v) is 2.86. The quantitative estimate of drug-likeness (QED) is 0.505. The Morgan fingerprint density at radius 1 is 1.35 bits per heavy atom. The minimum absolute atomic E-state index is 0.00211. The van der Waals surface area contributed by atoms with Gasteiger partial charge in [-0.3, -0.25) is 0 Å². The SMILES string of the molecule is OC(CCC(F)(F)F)c1c(I)cc(F)nc1F. The molecule has 0 amide bonds. The topological polar surface area (TPSA) is 33.1 Å². The van der Waals surface area contributed by atoms with Gasteiger partial charge in [-0.05, 0) is 29.0 Å². The van der Waals surface area contributed by atoms with Crippen molar-refractivity contribution in [2.75, 3.05) is 0 Å². The van der Waals surface area contributed by atoms with Gasteiger partial charge >= 0.3 is 6.18 Å². The molecule has 17 heavy (non-hydrogen) atoms. The molecule has 0 saturated carbocycles. The molecule has 1 N–H and O–H groups in total. The molecular weight excluding hydrogens is 360 g/mol. The van der Waals surface area contributed by atoms with Crippen LogP contribution in [0.25, 0.3) is 0 Å². The van der Waals surface area contributed by atoms with E-state index >= 15 is 0 Å². The maximum atomic E-state index is 13.2. The van der Waals surface area contributed by atoms with Gasteiger partial charge in [0.15, 0.2) is 0 Å². The molecule has 0 spiro atoms. The van der Waals surface area contributed by atoms with E-state index in [2.05, 4.69) is 4.98 Å². The van der Waals surface area contributed by atoms with E-state index in [1.807, 2.05) is 0 Å². The molecule has 0 radical (unpaired) electrons. The van der Waals surface area contributed by atoms with Crippen molar-refractivity contribution in [3.8, 4) is 0 Å². The van der Waals surface area contributed by atoms with E-state index in [1.165, 1.54) is 22.6 Å². The maximum absolute atomic E-state index is 13.2. The first-order valence-electron chi connectivity index (χ1n) is 4.47. The van der Waals surface area contributed by atoms with Crippen LogP contribution in [-0.2, 0) is 0 Å². The second-order valence-corrected chi connectivity index (χ2v) is 4.46. The van der Waals surface area contributed by atoms with Gasteiger partial charge in [-0.15, -0.1) is 0 Å². The fourth-order valence-electron chi connectivity index (χ4n) is 1.21. The standard InChI is InChI=1S/C9H7F5INO/c10-6-3-4(15)7(8(11)16-6)5(17)1-2-9(12,13)14/h3,5,17H,1-2H2. The smallest absolute Gasteiger partial charge is 0.388 e. The molecule has 1 aromatic rings. The normalized spacial score (nSPS) is 13.8. The molecule has 0 aliphatic carbocycles. The molecule has 1 aromatic heterocycles. The molecule has 1 unspecified atom stereocenters. The van der Waals surface area contributed by atoms with E-state index in [9.17, 15) is 27.1 Å². The van der Waals surface area contributed by atoms with Crippen LogP contribution >= 0.6 is 22.6 Å². The Hall–Kier alpha value is -0.510. The van der Waals surface area contributed by atoms with Gasteiger partial charge in [0.2, 0.25) is 11.9 Å². The predicted molar refractivity (Wildman–Crippen MR) is 57.1 cm³/mol. The summed E-state index contributed by atoms with van der Waals surface area (Å²) in [6, 6.07) is 0.843. The van der Waals surface area contributed by atoms with Gasteiger partial charge in [-0.1, -0.05) is 0 Å². The Morgan fingerprint density at radius 3 is 2.41 bits per heavy atom. The van der Waals surface area contributed by atoms with E-state index < -0.39 is 42.6 Å². The van der Waals surface area contributed by atoms with Crippen LogP contribution in [0.3, 0.4) is 0 Å². The van der Waals surface area contributed by atoms with E-state index in [0.29, 0.717) is 0 Å². The summed E-state index contributed by atoms with van der Waals surface area (Å²) < 4.78 is 61.6. The van der Waals surface area contributed by atoms with Crippen molar-refractivity contribution in [1.29, 1.82) is 0 Å². The number of halogens is 6. The van der Waals surface area contributed by atoms with Gasteiger partial charge in [0, 0.05) is 21.6 Å². The van der Waals surface area contributed by atoms with E-state index in [1.54, 1.807) is 0 Å². The number of hydrogen-bond donors (Lipinski definition) is 1. The Bertz CT molecular complexity index is 386. The number of aromatic nitrogens is 1. The van der Waals surface area contributed by atoms with E-state index in [-0.39, 0.29) is 3.57 Å². The number of rotatable bonds is 3. The van der Waals surface area contributed by atoms with Crippen molar-refractivity contribution in [2.24, 2.45) is 0 Å². The Balaban J connectivity index is 2.86. The molecular formula is C9H7F5INO.